The molecule has 0 radical (unpaired) electrons. The zero-order valence-electron chi connectivity index (χ0n) is 26.0. The average Bonchev–Trinajstić information content (AvgIpc) is 3.02. The Hall–Kier alpha value is -4.57. The molecule has 3 aromatic rings. The molecule has 10 nitrogen and oxygen atoms in total. The van der Waals surface area contributed by atoms with Crippen molar-refractivity contribution in [3.8, 4) is 17.2 Å². The summed E-state index contributed by atoms with van der Waals surface area (Å²) in [7, 11) is 5.24. The number of nitrogens with one attached hydrogen (secondary N) is 1. The number of nitrogens with zero attached hydrogens (tertiary/aromatic N) is 3. The lowest BCUT2D eigenvalue weighted by Gasteiger charge is -2.32. The number of hydrogen-bond acceptors (Lipinski definition) is 7. The van der Waals surface area contributed by atoms with Crippen LogP contribution in [0.25, 0.3) is 0 Å². The van der Waals surface area contributed by atoms with Gasteiger partial charge in [-0.15, -0.1) is 0 Å². The summed E-state index contributed by atoms with van der Waals surface area (Å²) in [4.78, 5) is 44.4. The van der Waals surface area contributed by atoms with Crippen LogP contribution in [0.3, 0.4) is 0 Å². The van der Waals surface area contributed by atoms with Crippen molar-refractivity contribution < 1.29 is 29.0 Å². The van der Waals surface area contributed by atoms with Crippen LogP contribution in [0.5, 0.6) is 17.2 Å². The van der Waals surface area contributed by atoms with Crippen LogP contribution in [-0.2, 0) is 4.79 Å². The Morgan fingerprint density at radius 1 is 0.886 bits per heavy atom. The van der Waals surface area contributed by atoms with E-state index in [2.05, 4.69) is 17.3 Å². The largest absolute Gasteiger partial charge is 0.508 e. The molecule has 1 aliphatic rings. The van der Waals surface area contributed by atoms with Crippen molar-refractivity contribution in [3.63, 3.8) is 0 Å². The first kappa shape index (κ1) is 32.3. The van der Waals surface area contributed by atoms with Gasteiger partial charge in [0.15, 0.2) is 0 Å². The lowest BCUT2D eigenvalue weighted by molar-refractivity contribution is -0.132. The highest BCUT2D eigenvalue weighted by molar-refractivity contribution is 6.08. The summed E-state index contributed by atoms with van der Waals surface area (Å²) in [5, 5.41) is 12.3. The molecule has 4 rings (SSSR count). The van der Waals surface area contributed by atoms with Gasteiger partial charge in [0.1, 0.15) is 17.2 Å². The summed E-state index contributed by atoms with van der Waals surface area (Å²) in [5.41, 5.74) is 2.81. The maximum absolute atomic E-state index is 13.5. The van der Waals surface area contributed by atoms with E-state index in [1.165, 1.54) is 36.3 Å². The van der Waals surface area contributed by atoms with Crippen molar-refractivity contribution in [2.24, 2.45) is 0 Å². The maximum Gasteiger partial charge on any atom is 0.258 e. The highest BCUT2D eigenvalue weighted by atomic mass is 16.5. The number of ether oxygens (including phenoxy) is 2. The van der Waals surface area contributed by atoms with Gasteiger partial charge < -0.3 is 34.6 Å². The van der Waals surface area contributed by atoms with Crippen molar-refractivity contribution in [2.75, 3.05) is 64.2 Å². The van der Waals surface area contributed by atoms with Crippen LogP contribution in [0, 0.1) is 6.92 Å². The number of unbranched alkanes of at least 4 members (excludes halogenated alkanes) is 2. The first-order valence-electron chi connectivity index (χ1n) is 14.9. The van der Waals surface area contributed by atoms with Gasteiger partial charge in [0, 0.05) is 50.8 Å². The van der Waals surface area contributed by atoms with E-state index in [0.29, 0.717) is 47.0 Å². The smallest absolute Gasteiger partial charge is 0.258 e. The molecule has 234 valence electrons. The fraction of sp³-hybridized carbons (Fsp3) is 0.382. The number of phenols is 1. The summed E-state index contributed by atoms with van der Waals surface area (Å²) in [6.45, 7) is 5.90. The molecule has 3 amide bonds. The zero-order valence-corrected chi connectivity index (χ0v) is 26.0. The van der Waals surface area contributed by atoms with Crippen molar-refractivity contribution >= 4 is 29.1 Å². The third-order valence-corrected chi connectivity index (χ3v) is 7.76. The molecule has 2 N–H and O–H groups in total. The fourth-order valence-corrected chi connectivity index (χ4v) is 5.00. The molecular formula is C34H42N4O6. The number of aryl methyl sites for hydroxylation is 1. The second kappa shape index (κ2) is 15.2. The number of rotatable bonds is 12. The van der Waals surface area contributed by atoms with Crippen LogP contribution in [0.4, 0.5) is 11.4 Å². The predicted octanol–water partition coefficient (Wildman–Crippen LogP) is 4.95. The summed E-state index contributed by atoms with van der Waals surface area (Å²) < 4.78 is 11.6. The number of carbonyl (C=O) groups is 3. The third-order valence-electron chi connectivity index (χ3n) is 7.76. The molecule has 1 aliphatic heterocycles. The molecule has 1 saturated heterocycles. The molecule has 1 heterocycles. The van der Waals surface area contributed by atoms with E-state index in [0.717, 1.165) is 51.0 Å². The minimum atomic E-state index is -0.373. The Bertz CT molecular complexity index is 1450. The Balaban J connectivity index is 1.33. The van der Waals surface area contributed by atoms with Gasteiger partial charge in [-0.2, -0.15) is 0 Å². The molecule has 44 heavy (non-hydrogen) atoms. The Kier molecular flexibility index (Phi) is 11.2. The Morgan fingerprint density at radius 2 is 1.59 bits per heavy atom. The Labute approximate surface area is 259 Å². The number of amides is 3. The van der Waals surface area contributed by atoms with Crippen LogP contribution in [0.15, 0.2) is 60.7 Å². The maximum atomic E-state index is 13.5. The van der Waals surface area contributed by atoms with Crippen molar-refractivity contribution in [1.82, 2.24) is 9.80 Å². The lowest BCUT2D eigenvalue weighted by atomic mass is 10.1. The van der Waals surface area contributed by atoms with Crippen molar-refractivity contribution in [2.45, 2.75) is 32.6 Å². The van der Waals surface area contributed by atoms with Crippen LogP contribution < -0.4 is 19.7 Å². The van der Waals surface area contributed by atoms with Crippen LogP contribution in [0.1, 0.15) is 52.0 Å². The minimum absolute atomic E-state index is 0.0677. The molecule has 0 aliphatic carbocycles. The number of carbonyl (C=O) groups excluding carboxylic acids is 3. The summed E-state index contributed by atoms with van der Waals surface area (Å²) in [5.74, 6) is 0.600. The quantitative estimate of drug-likeness (QED) is 0.282. The number of anilines is 2. The van der Waals surface area contributed by atoms with Gasteiger partial charge in [0.2, 0.25) is 5.91 Å². The van der Waals surface area contributed by atoms with E-state index in [9.17, 15) is 19.5 Å². The molecule has 0 aromatic heterocycles. The number of aromatic hydroxyl groups is 1. The van der Waals surface area contributed by atoms with Gasteiger partial charge in [-0.1, -0.05) is 6.07 Å². The number of phenolic OH excluding ortho intramolecular Hbond substituents is 1. The van der Waals surface area contributed by atoms with E-state index in [1.54, 1.807) is 25.2 Å². The molecule has 0 bridgehead atoms. The number of likely N-dealkylation sites (N-methyl/N-ethyl adjacent to an activating group) is 1. The van der Waals surface area contributed by atoms with Gasteiger partial charge in [-0.3, -0.25) is 14.4 Å². The molecule has 0 spiro atoms. The normalized spacial score (nSPS) is 13.3. The average molecular weight is 603 g/mol. The van der Waals surface area contributed by atoms with Gasteiger partial charge >= 0.3 is 0 Å². The van der Waals surface area contributed by atoms with Gasteiger partial charge in [-0.25, -0.2) is 0 Å². The molecule has 0 saturated carbocycles. The second-order valence-corrected chi connectivity index (χ2v) is 11.1. The van der Waals surface area contributed by atoms with E-state index in [-0.39, 0.29) is 23.5 Å². The molecule has 0 unspecified atom stereocenters. The first-order valence-corrected chi connectivity index (χ1v) is 14.9. The summed E-state index contributed by atoms with van der Waals surface area (Å²) >= 11 is 0. The SMILES string of the molecule is COc1cc(C(=O)N(C)c2ccc(C)cc2OCCCCCC(=O)N2CCN(C)CC2)ccc1NC(=O)c1ccc(O)cc1. The highest BCUT2D eigenvalue weighted by Crippen LogP contribution is 2.32. The standard InChI is InChI=1S/C34H42N4O6/c1-24-9-16-29(31(22-24)44-21-7-5-6-8-32(40)38-19-17-36(2)18-20-38)37(3)34(42)26-12-15-28(30(23-26)43-4)35-33(41)25-10-13-27(39)14-11-25/h9-16,22-23,39H,5-8,17-21H2,1-4H3,(H,35,41). The van der Waals surface area contributed by atoms with Gasteiger partial charge in [-0.05, 0) is 93.4 Å². The third kappa shape index (κ3) is 8.50. The minimum Gasteiger partial charge on any atom is -0.508 e. The molecule has 3 aromatic carbocycles. The van der Waals surface area contributed by atoms with Crippen molar-refractivity contribution in [3.05, 3.63) is 77.4 Å². The number of methoxy groups -OCH3 is 1. The van der Waals surface area contributed by atoms with Crippen LogP contribution >= 0.6 is 0 Å². The van der Waals surface area contributed by atoms with Gasteiger partial charge in [0.05, 0.1) is 25.1 Å². The van der Waals surface area contributed by atoms with Crippen LogP contribution in [0.2, 0.25) is 0 Å². The molecular weight excluding hydrogens is 560 g/mol. The molecule has 10 heteroatoms. The van der Waals surface area contributed by atoms with Crippen molar-refractivity contribution in [1.29, 1.82) is 0 Å². The number of piperazine rings is 1. The Morgan fingerprint density at radius 3 is 2.30 bits per heavy atom. The van der Waals surface area contributed by atoms with E-state index < -0.39 is 0 Å². The van der Waals surface area contributed by atoms with Gasteiger partial charge in [0.25, 0.3) is 11.8 Å². The highest BCUT2D eigenvalue weighted by Gasteiger charge is 2.21. The first-order chi connectivity index (χ1) is 21.2. The molecule has 0 atom stereocenters. The predicted molar refractivity (Wildman–Crippen MR) is 171 cm³/mol. The topological polar surface area (TPSA) is 112 Å². The summed E-state index contributed by atoms with van der Waals surface area (Å²) in [6.07, 6.45) is 3.06. The molecule has 1 fully saturated rings. The second-order valence-electron chi connectivity index (χ2n) is 11.1. The van der Waals surface area contributed by atoms with E-state index in [1.807, 2.05) is 30.0 Å². The summed E-state index contributed by atoms with van der Waals surface area (Å²) in [6, 6.07) is 16.5. The number of benzene rings is 3. The number of hydrogen-bond donors (Lipinski definition) is 2. The van der Waals surface area contributed by atoms with Crippen LogP contribution in [-0.4, -0.2) is 86.6 Å². The fourth-order valence-electron chi connectivity index (χ4n) is 5.00. The van der Waals surface area contributed by atoms with E-state index >= 15 is 0 Å². The van der Waals surface area contributed by atoms with E-state index in [4.69, 9.17) is 9.47 Å². The lowest BCUT2D eigenvalue weighted by Crippen LogP contribution is -2.47. The zero-order chi connectivity index (χ0) is 31.6. The monoisotopic (exact) mass is 602 g/mol.